The summed E-state index contributed by atoms with van der Waals surface area (Å²) in [5.74, 6) is 0. The number of aliphatic hydroxyl groups is 1. The monoisotopic (exact) mass is 394 g/mol. The number of fused-ring (bicyclic) bond motifs is 1. The summed E-state index contributed by atoms with van der Waals surface area (Å²) in [4.78, 5) is 19.8. The van der Waals surface area contributed by atoms with Crippen molar-refractivity contribution >= 4 is 28.2 Å². The van der Waals surface area contributed by atoms with Crippen molar-refractivity contribution in [3.8, 4) is 0 Å². The van der Waals surface area contributed by atoms with E-state index in [1.54, 1.807) is 11.0 Å². The van der Waals surface area contributed by atoms with Crippen LogP contribution >= 0.6 is 11.3 Å². The smallest absolute Gasteiger partial charge is 0.322 e. The molecule has 9 heteroatoms. The van der Waals surface area contributed by atoms with Gasteiger partial charge in [0, 0.05) is 35.1 Å². The molecule has 1 aromatic carbocycles. The van der Waals surface area contributed by atoms with Gasteiger partial charge in [-0.2, -0.15) is 0 Å². The van der Waals surface area contributed by atoms with Gasteiger partial charge in [0.2, 0.25) is 0 Å². The molecule has 0 saturated heterocycles. The number of aromatic nitrogens is 1. The lowest BCUT2D eigenvalue weighted by Gasteiger charge is -2.31. The average molecular weight is 394 g/mol. The third-order valence-electron chi connectivity index (χ3n) is 4.85. The number of anilines is 2. The molecule has 27 heavy (non-hydrogen) atoms. The van der Waals surface area contributed by atoms with Crippen molar-refractivity contribution < 1.29 is 18.7 Å². The van der Waals surface area contributed by atoms with E-state index < -0.39 is 6.43 Å². The minimum absolute atomic E-state index is 0.118. The van der Waals surface area contributed by atoms with Crippen LogP contribution in [0, 0.1) is 0 Å². The van der Waals surface area contributed by atoms with E-state index in [9.17, 15) is 18.7 Å². The van der Waals surface area contributed by atoms with E-state index in [1.165, 1.54) is 29.5 Å². The third-order valence-corrected chi connectivity index (χ3v) is 5.86. The largest absolute Gasteiger partial charge is 0.393 e. The van der Waals surface area contributed by atoms with Gasteiger partial charge >= 0.3 is 6.03 Å². The number of aliphatic hydroxyl groups excluding tert-OH is 1. The fraction of sp³-hybridized carbons (Fsp3) is 0.444. The maximum atomic E-state index is 12.8. The van der Waals surface area contributed by atoms with Gasteiger partial charge in [0.25, 0.3) is 6.43 Å². The number of carbonyl (C=O) groups excluding carboxylic acids is 1. The number of alkyl halides is 2. The summed E-state index contributed by atoms with van der Waals surface area (Å²) in [6.45, 7) is 0.973. The van der Waals surface area contributed by atoms with Crippen LogP contribution in [0.3, 0.4) is 0 Å². The van der Waals surface area contributed by atoms with Crippen molar-refractivity contribution in [2.75, 3.05) is 17.2 Å². The molecule has 2 amide bonds. The van der Waals surface area contributed by atoms with Crippen LogP contribution in [0.25, 0.3) is 0 Å². The van der Waals surface area contributed by atoms with Gasteiger partial charge in [0.1, 0.15) is 0 Å². The van der Waals surface area contributed by atoms with Gasteiger partial charge in [0.15, 0.2) is 5.13 Å². The highest BCUT2D eigenvalue weighted by Gasteiger charge is 2.29. The van der Waals surface area contributed by atoms with Crippen LogP contribution in [0.5, 0.6) is 0 Å². The molecule has 1 aromatic heterocycles. The molecule has 4 rings (SSSR count). The topological polar surface area (TPSA) is 77.5 Å². The van der Waals surface area contributed by atoms with Crippen molar-refractivity contribution in [1.82, 2.24) is 9.88 Å². The Hall–Kier alpha value is -2.26. The van der Waals surface area contributed by atoms with Crippen LogP contribution in [-0.4, -0.2) is 39.7 Å². The Morgan fingerprint density at radius 3 is 2.93 bits per heavy atom. The number of benzene rings is 1. The van der Waals surface area contributed by atoms with Gasteiger partial charge in [-0.3, -0.25) is 0 Å². The normalized spacial score (nSPS) is 21.6. The first-order valence-electron chi connectivity index (χ1n) is 8.85. The summed E-state index contributed by atoms with van der Waals surface area (Å²) in [6, 6.07) is 5.68. The Balaban J connectivity index is 1.38. The predicted octanol–water partition coefficient (Wildman–Crippen LogP) is 3.61. The highest BCUT2D eigenvalue weighted by molar-refractivity contribution is 7.15. The van der Waals surface area contributed by atoms with Crippen LogP contribution < -0.4 is 10.6 Å². The van der Waals surface area contributed by atoms with E-state index in [2.05, 4.69) is 15.6 Å². The molecule has 2 heterocycles. The molecular weight excluding hydrogens is 374 g/mol. The summed E-state index contributed by atoms with van der Waals surface area (Å²) in [7, 11) is 0. The van der Waals surface area contributed by atoms with E-state index in [1.807, 2.05) is 0 Å². The highest BCUT2D eigenvalue weighted by Crippen LogP contribution is 2.32. The molecule has 0 spiro atoms. The van der Waals surface area contributed by atoms with Crippen molar-refractivity contribution in [2.24, 2.45) is 0 Å². The molecule has 2 aromatic rings. The first-order valence-corrected chi connectivity index (χ1v) is 9.67. The third kappa shape index (κ3) is 4.03. The lowest BCUT2D eigenvalue weighted by molar-refractivity contribution is 0.0836. The van der Waals surface area contributed by atoms with Crippen LogP contribution in [0.15, 0.2) is 24.3 Å². The zero-order valence-corrected chi connectivity index (χ0v) is 15.3. The number of rotatable bonds is 4. The van der Waals surface area contributed by atoms with E-state index in [4.69, 9.17) is 0 Å². The zero-order valence-electron chi connectivity index (χ0n) is 14.5. The molecule has 1 saturated carbocycles. The number of urea groups is 1. The maximum absolute atomic E-state index is 12.8. The minimum Gasteiger partial charge on any atom is -0.393 e. The number of carbonyl (C=O) groups is 1. The summed E-state index contributed by atoms with van der Waals surface area (Å²) >= 11 is 1.52. The van der Waals surface area contributed by atoms with Crippen LogP contribution in [0.2, 0.25) is 0 Å². The minimum atomic E-state index is -2.57. The second kappa shape index (κ2) is 7.40. The molecule has 1 fully saturated rings. The number of nitrogens with zero attached hydrogens (tertiary/aromatic N) is 2. The molecule has 0 unspecified atom stereocenters. The van der Waals surface area contributed by atoms with E-state index >= 15 is 0 Å². The standard InChI is InChI=1S/C18H20F2N4O2S/c19-16(20)10-2-1-3-11(6-10)22-18(26)24-5-4-14-15(9-24)27-17(23-14)21-12-7-13(25)8-12/h1-3,6,12-13,16,25H,4-5,7-9H2,(H,21,23)(H,22,26). The van der Waals surface area contributed by atoms with Crippen LogP contribution in [-0.2, 0) is 13.0 Å². The summed E-state index contributed by atoms with van der Waals surface area (Å²) < 4.78 is 25.6. The van der Waals surface area contributed by atoms with Gasteiger partial charge in [-0.1, -0.05) is 23.5 Å². The zero-order chi connectivity index (χ0) is 19.0. The number of thiazole rings is 1. The molecule has 3 N–H and O–H groups in total. The Bertz CT molecular complexity index is 839. The van der Waals surface area contributed by atoms with E-state index in [0.29, 0.717) is 25.2 Å². The van der Waals surface area contributed by atoms with Crippen molar-refractivity contribution in [1.29, 1.82) is 0 Å². The molecule has 144 valence electrons. The van der Waals surface area contributed by atoms with Gasteiger partial charge < -0.3 is 20.6 Å². The number of hydrogen-bond acceptors (Lipinski definition) is 5. The van der Waals surface area contributed by atoms with E-state index in [0.717, 1.165) is 28.5 Å². The fourth-order valence-electron chi connectivity index (χ4n) is 3.27. The number of amides is 2. The second-order valence-corrected chi connectivity index (χ2v) is 7.97. The summed E-state index contributed by atoms with van der Waals surface area (Å²) in [6.07, 6.45) is -0.669. The first-order chi connectivity index (χ1) is 13.0. The maximum Gasteiger partial charge on any atom is 0.322 e. The molecular formula is C18H20F2N4O2S. The van der Waals surface area contributed by atoms with Gasteiger partial charge in [-0.15, -0.1) is 0 Å². The lowest BCUT2D eigenvalue weighted by atomic mass is 9.90. The molecule has 6 nitrogen and oxygen atoms in total. The number of halogens is 2. The molecule has 0 radical (unpaired) electrons. The highest BCUT2D eigenvalue weighted by atomic mass is 32.1. The summed E-state index contributed by atoms with van der Waals surface area (Å²) in [5, 5.41) is 16.2. The van der Waals surface area contributed by atoms with Crippen molar-refractivity contribution in [3.05, 3.63) is 40.4 Å². The van der Waals surface area contributed by atoms with E-state index in [-0.39, 0.29) is 23.7 Å². The average Bonchev–Trinajstić information content (AvgIpc) is 3.02. The second-order valence-electron chi connectivity index (χ2n) is 6.88. The molecule has 1 aliphatic carbocycles. The SMILES string of the molecule is O=C(Nc1cccc(C(F)F)c1)N1CCc2nc(NC3CC(O)C3)sc2C1. The Labute approximate surface area is 159 Å². The number of nitrogens with one attached hydrogen (secondary N) is 2. The Morgan fingerprint density at radius 1 is 1.37 bits per heavy atom. The summed E-state index contributed by atoms with van der Waals surface area (Å²) in [5.41, 5.74) is 1.23. The molecule has 1 aliphatic heterocycles. The van der Waals surface area contributed by atoms with Crippen LogP contribution in [0.4, 0.5) is 24.4 Å². The number of hydrogen-bond donors (Lipinski definition) is 3. The lowest BCUT2D eigenvalue weighted by Crippen LogP contribution is -2.39. The molecule has 0 atom stereocenters. The fourth-order valence-corrected chi connectivity index (χ4v) is 4.37. The van der Waals surface area contributed by atoms with Gasteiger partial charge in [-0.25, -0.2) is 18.6 Å². The Morgan fingerprint density at radius 2 is 2.19 bits per heavy atom. The van der Waals surface area contributed by atoms with Gasteiger partial charge in [0.05, 0.1) is 18.3 Å². The molecule has 2 aliphatic rings. The molecule has 0 bridgehead atoms. The quantitative estimate of drug-likeness (QED) is 0.740. The van der Waals surface area contributed by atoms with Crippen molar-refractivity contribution in [3.63, 3.8) is 0 Å². The first kappa shape index (κ1) is 18.1. The van der Waals surface area contributed by atoms with Gasteiger partial charge in [-0.05, 0) is 25.0 Å². The van der Waals surface area contributed by atoms with Crippen LogP contribution in [0.1, 0.15) is 35.4 Å². The predicted molar refractivity (Wildman–Crippen MR) is 99.3 cm³/mol. The Kier molecular flexibility index (Phi) is 4.96. The van der Waals surface area contributed by atoms with Crippen molar-refractivity contribution in [2.45, 2.75) is 44.4 Å².